The summed E-state index contributed by atoms with van der Waals surface area (Å²) >= 11 is 0. The fourth-order valence-electron chi connectivity index (χ4n) is 1.84. The lowest BCUT2D eigenvalue weighted by Gasteiger charge is -2.18. The molecule has 0 aliphatic carbocycles. The van der Waals surface area contributed by atoms with E-state index >= 15 is 0 Å². The van der Waals surface area contributed by atoms with Crippen LogP contribution >= 0.6 is 0 Å². The summed E-state index contributed by atoms with van der Waals surface area (Å²) in [6.07, 6.45) is 0. The number of amides is 1. The minimum Gasteiger partial charge on any atom is -0.497 e. The number of carbonyl (C=O) groups excluding carboxylic acids is 1. The maximum atomic E-state index is 11.6. The highest BCUT2D eigenvalue weighted by molar-refractivity contribution is 5.78. The molecule has 0 atom stereocenters. The molecule has 2 N–H and O–H groups in total. The number of methoxy groups -OCH3 is 1. The highest BCUT2D eigenvalue weighted by Gasteiger charge is 2.19. The Morgan fingerprint density at radius 2 is 2.41 bits per heavy atom. The van der Waals surface area contributed by atoms with Crippen molar-refractivity contribution in [1.29, 1.82) is 0 Å². The zero-order chi connectivity index (χ0) is 12.3. The zero-order valence-corrected chi connectivity index (χ0v) is 9.81. The Kier molecular flexibility index (Phi) is 3.49. The third-order valence-corrected chi connectivity index (χ3v) is 2.77. The van der Waals surface area contributed by atoms with Crippen molar-refractivity contribution in [3.05, 3.63) is 23.8 Å². The van der Waals surface area contributed by atoms with Gasteiger partial charge in [0.05, 0.1) is 20.2 Å². The van der Waals surface area contributed by atoms with Crippen molar-refractivity contribution in [2.24, 2.45) is 5.73 Å². The molecule has 1 aliphatic rings. The molecular weight excluding hydrogens is 220 g/mol. The van der Waals surface area contributed by atoms with Crippen LogP contribution in [0.25, 0.3) is 0 Å². The van der Waals surface area contributed by atoms with Crippen molar-refractivity contribution in [3.8, 4) is 11.5 Å². The summed E-state index contributed by atoms with van der Waals surface area (Å²) in [7, 11) is 1.61. The minimum atomic E-state index is -0.0655. The van der Waals surface area contributed by atoms with E-state index in [1.807, 2.05) is 18.2 Å². The largest absolute Gasteiger partial charge is 0.497 e. The van der Waals surface area contributed by atoms with Crippen LogP contribution in [0.3, 0.4) is 0 Å². The second-order valence-electron chi connectivity index (χ2n) is 3.84. The fraction of sp³-hybridized carbons (Fsp3) is 0.417. The molecular formula is C12H16N2O3. The Labute approximate surface area is 100 Å². The standard InChI is InChI=1S/C12H16N2O3/c1-16-10-2-3-11-9(6-10)8-14(4-5-17-11)12(15)7-13/h2-3,6H,4-5,7-8,13H2,1H3. The van der Waals surface area contributed by atoms with Crippen LogP contribution in [-0.4, -0.2) is 37.6 Å². The summed E-state index contributed by atoms with van der Waals surface area (Å²) in [6.45, 7) is 1.60. The van der Waals surface area contributed by atoms with Crippen molar-refractivity contribution in [2.45, 2.75) is 6.54 Å². The third-order valence-electron chi connectivity index (χ3n) is 2.77. The van der Waals surface area contributed by atoms with Crippen molar-refractivity contribution < 1.29 is 14.3 Å². The van der Waals surface area contributed by atoms with Gasteiger partial charge >= 0.3 is 0 Å². The van der Waals surface area contributed by atoms with Gasteiger partial charge in [0.2, 0.25) is 5.91 Å². The second-order valence-corrected chi connectivity index (χ2v) is 3.84. The van der Waals surface area contributed by atoms with E-state index in [-0.39, 0.29) is 12.5 Å². The predicted molar refractivity (Wildman–Crippen MR) is 63.0 cm³/mol. The number of benzene rings is 1. The molecule has 0 fully saturated rings. The first-order valence-electron chi connectivity index (χ1n) is 5.52. The number of hydrogen-bond acceptors (Lipinski definition) is 4. The van der Waals surface area contributed by atoms with Crippen LogP contribution in [0.4, 0.5) is 0 Å². The fourth-order valence-corrected chi connectivity index (χ4v) is 1.84. The summed E-state index contributed by atoms with van der Waals surface area (Å²) in [5.41, 5.74) is 6.32. The lowest BCUT2D eigenvalue weighted by molar-refractivity contribution is -0.130. The molecule has 0 saturated carbocycles. The number of fused-ring (bicyclic) bond motifs is 1. The summed E-state index contributed by atoms with van der Waals surface area (Å²) in [5.74, 6) is 1.50. The lowest BCUT2D eigenvalue weighted by Crippen LogP contribution is -2.36. The topological polar surface area (TPSA) is 64.8 Å². The van der Waals surface area contributed by atoms with Gasteiger partial charge in [0.1, 0.15) is 18.1 Å². The smallest absolute Gasteiger partial charge is 0.236 e. The predicted octanol–water partition coefficient (Wildman–Crippen LogP) is 0.375. The maximum absolute atomic E-state index is 11.6. The first-order chi connectivity index (χ1) is 8.24. The van der Waals surface area contributed by atoms with E-state index in [4.69, 9.17) is 15.2 Å². The van der Waals surface area contributed by atoms with Crippen molar-refractivity contribution in [1.82, 2.24) is 4.90 Å². The van der Waals surface area contributed by atoms with Gasteiger partial charge in [-0.1, -0.05) is 0 Å². The molecule has 1 aromatic rings. The van der Waals surface area contributed by atoms with Gasteiger partial charge in [0.15, 0.2) is 0 Å². The number of hydrogen-bond donors (Lipinski definition) is 1. The summed E-state index contributed by atoms with van der Waals surface area (Å²) < 4.78 is 10.7. The average Bonchev–Trinajstić information content (AvgIpc) is 2.58. The lowest BCUT2D eigenvalue weighted by atomic mass is 10.2. The van der Waals surface area contributed by atoms with Gasteiger partial charge in [-0.15, -0.1) is 0 Å². The number of ether oxygens (including phenoxy) is 2. The molecule has 1 heterocycles. The zero-order valence-electron chi connectivity index (χ0n) is 9.81. The van der Waals surface area contributed by atoms with Crippen LogP contribution in [0.2, 0.25) is 0 Å². The van der Waals surface area contributed by atoms with Gasteiger partial charge in [0, 0.05) is 12.1 Å². The van der Waals surface area contributed by atoms with E-state index in [1.165, 1.54) is 0 Å². The van der Waals surface area contributed by atoms with E-state index in [9.17, 15) is 4.79 Å². The van der Waals surface area contributed by atoms with Gasteiger partial charge in [-0.05, 0) is 18.2 Å². The van der Waals surface area contributed by atoms with Crippen LogP contribution in [-0.2, 0) is 11.3 Å². The van der Waals surface area contributed by atoms with E-state index < -0.39 is 0 Å². The maximum Gasteiger partial charge on any atom is 0.236 e. The molecule has 0 aromatic heterocycles. The van der Waals surface area contributed by atoms with Gasteiger partial charge in [0.25, 0.3) is 0 Å². The molecule has 0 spiro atoms. The molecule has 1 aromatic carbocycles. The Morgan fingerprint density at radius 3 is 3.12 bits per heavy atom. The molecule has 5 heteroatoms. The normalized spacial score (nSPS) is 14.6. The Hall–Kier alpha value is -1.75. The quantitative estimate of drug-likeness (QED) is 0.806. The van der Waals surface area contributed by atoms with Gasteiger partial charge in [-0.2, -0.15) is 0 Å². The Morgan fingerprint density at radius 1 is 1.59 bits per heavy atom. The van der Waals surface area contributed by atoms with E-state index in [2.05, 4.69) is 0 Å². The molecule has 17 heavy (non-hydrogen) atoms. The third kappa shape index (κ3) is 2.50. The SMILES string of the molecule is COc1ccc2c(c1)CN(C(=O)CN)CCO2. The first-order valence-corrected chi connectivity index (χ1v) is 5.52. The average molecular weight is 236 g/mol. The molecule has 1 aliphatic heterocycles. The second kappa shape index (κ2) is 5.05. The minimum absolute atomic E-state index is 0.0271. The van der Waals surface area contributed by atoms with E-state index in [0.29, 0.717) is 19.7 Å². The molecule has 92 valence electrons. The molecule has 0 unspecified atom stereocenters. The van der Waals surface area contributed by atoms with Crippen LogP contribution in [0.5, 0.6) is 11.5 Å². The van der Waals surface area contributed by atoms with Crippen LogP contribution < -0.4 is 15.2 Å². The highest BCUT2D eigenvalue weighted by Crippen LogP contribution is 2.27. The molecule has 1 amide bonds. The van der Waals surface area contributed by atoms with Crippen LogP contribution in [0.15, 0.2) is 18.2 Å². The molecule has 0 radical (unpaired) electrons. The number of nitrogens with zero attached hydrogens (tertiary/aromatic N) is 1. The molecule has 0 bridgehead atoms. The van der Waals surface area contributed by atoms with Crippen LogP contribution in [0, 0.1) is 0 Å². The molecule has 5 nitrogen and oxygen atoms in total. The Balaban J connectivity index is 2.25. The van der Waals surface area contributed by atoms with E-state index in [1.54, 1.807) is 12.0 Å². The van der Waals surface area contributed by atoms with Crippen LogP contribution in [0.1, 0.15) is 5.56 Å². The first kappa shape index (κ1) is 11.7. The van der Waals surface area contributed by atoms with Gasteiger partial charge in [-0.25, -0.2) is 0 Å². The number of carbonyl (C=O) groups is 1. The van der Waals surface area contributed by atoms with Crippen molar-refractivity contribution >= 4 is 5.91 Å². The number of nitrogens with two attached hydrogens (primary N) is 1. The van der Waals surface area contributed by atoms with Crippen molar-refractivity contribution in [2.75, 3.05) is 26.8 Å². The van der Waals surface area contributed by atoms with Gasteiger partial charge < -0.3 is 20.1 Å². The molecule has 0 saturated heterocycles. The van der Waals surface area contributed by atoms with Crippen molar-refractivity contribution in [3.63, 3.8) is 0 Å². The van der Waals surface area contributed by atoms with E-state index in [0.717, 1.165) is 17.1 Å². The summed E-state index contributed by atoms with van der Waals surface area (Å²) in [5, 5.41) is 0. The highest BCUT2D eigenvalue weighted by atomic mass is 16.5. The van der Waals surface area contributed by atoms with Gasteiger partial charge in [-0.3, -0.25) is 4.79 Å². The summed E-state index contributed by atoms with van der Waals surface area (Å²) in [4.78, 5) is 13.3. The molecule has 2 rings (SSSR count). The monoisotopic (exact) mass is 236 g/mol. The Bertz CT molecular complexity index is 420. The summed E-state index contributed by atoms with van der Waals surface area (Å²) in [6, 6.07) is 5.60. The number of rotatable bonds is 2.